The quantitative estimate of drug-likeness (QED) is 0.425. The summed E-state index contributed by atoms with van der Waals surface area (Å²) in [6.45, 7) is 4.18. The minimum absolute atomic E-state index is 0.248. The van der Waals surface area contributed by atoms with E-state index < -0.39 is 5.82 Å². The zero-order chi connectivity index (χ0) is 23.8. The summed E-state index contributed by atoms with van der Waals surface area (Å²) in [4.78, 5) is 3.72. The molecule has 0 bridgehead atoms. The van der Waals surface area contributed by atoms with Gasteiger partial charge in [0.25, 0.3) is 0 Å². The molecule has 0 N–H and O–H groups in total. The van der Waals surface area contributed by atoms with Gasteiger partial charge in [0.1, 0.15) is 18.0 Å². The van der Waals surface area contributed by atoms with Crippen molar-refractivity contribution >= 4 is 17.3 Å². The van der Waals surface area contributed by atoms with Gasteiger partial charge in [-0.05, 0) is 64.2 Å². The SMILES string of the molecule is Cc1c(-c2cc(Sc3ccc(F)cc3C#N)c3c(C#N)cnn3c2)cnn1C1CCN(C)CC1. The molecule has 0 radical (unpaired) electrons. The highest BCUT2D eigenvalue weighted by Gasteiger charge is 2.23. The van der Waals surface area contributed by atoms with E-state index in [1.807, 2.05) is 18.5 Å². The lowest BCUT2D eigenvalue weighted by Crippen LogP contribution is -2.32. The largest absolute Gasteiger partial charge is 0.306 e. The predicted molar refractivity (Wildman–Crippen MR) is 127 cm³/mol. The number of hydrogen-bond acceptors (Lipinski definition) is 6. The number of likely N-dealkylation sites (tertiary alicyclic amines) is 1. The lowest BCUT2D eigenvalue weighted by molar-refractivity contribution is 0.210. The van der Waals surface area contributed by atoms with Gasteiger partial charge in [0.05, 0.1) is 35.1 Å². The number of piperidine rings is 1. The van der Waals surface area contributed by atoms with Crippen LogP contribution >= 0.6 is 11.8 Å². The smallest absolute Gasteiger partial charge is 0.124 e. The first-order valence-electron chi connectivity index (χ1n) is 11.0. The molecule has 0 spiro atoms. The molecule has 1 aliphatic rings. The average Bonchev–Trinajstić information content (AvgIpc) is 3.44. The fourth-order valence-corrected chi connectivity index (χ4v) is 5.58. The summed E-state index contributed by atoms with van der Waals surface area (Å²) in [5.74, 6) is -0.459. The van der Waals surface area contributed by atoms with Crippen molar-refractivity contribution in [1.29, 1.82) is 10.5 Å². The van der Waals surface area contributed by atoms with E-state index >= 15 is 0 Å². The summed E-state index contributed by atoms with van der Waals surface area (Å²) < 4.78 is 17.5. The molecule has 4 heterocycles. The number of fused-ring (bicyclic) bond motifs is 1. The van der Waals surface area contributed by atoms with E-state index in [-0.39, 0.29) is 5.56 Å². The van der Waals surface area contributed by atoms with Crippen LogP contribution in [-0.4, -0.2) is 44.4 Å². The number of rotatable bonds is 4. The molecular formula is C25H22FN7S. The van der Waals surface area contributed by atoms with Crippen molar-refractivity contribution < 1.29 is 4.39 Å². The van der Waals surface area contributed by atoms with Crippen LogP contribution in [0.1, 0.15) is 35.7 Å². The Hall–Kier alpha value is -3.66. The molecule has 34 heavy (non-hydrogen) atoms. The minimum atomic E-state index is -0.459. The Labute approximate surface area is 201 Å². The molecule has 0 amide bonds. The molecule has 0 aliphatic carbocycles. The number of hydrogen-bond donors (Lipinski definition) is 0. The Balaban J connectivity index is 1.60. The van der Waals surface area contributed by atoms with Crippen molar-refractivity contribution in [3.63, 3.8) is 0 Å². The van der Waals surface area contributed by atoms with Crippen molar-refractivity contribution in [1.82, 2.24) is 24.3 Å². The average molecular weight is 472 g/mol. The third-order valence-electron chi connectivity index (χ3n) is 6.37. The lowest BCUT2D eigenvalue weighted by atomic mass is 10.0. The van der Waals surface area contributed by atoms with Crippen LogP contribution in [0.25, 0.3) is 16.6 Å². The number of nitrogens with zero attached hydrogens (tertiary/aromatic N) is 7. The van der Waals surface area contributed by atoms with Crippen molar-refractivity contribution in [2.24, 2.45) is 0 Å². The summed E-state index contributed by atoms with van der Waals surface area (Å²) in [6, 6.07) is 10.8. The second-order valence-corrected chi connectivity index (χ2v) is 9.62. The zero-order valence-electron chi connectivity index (χ0n) is 18.9. The number of nitriles is 2. The topological polar surface area (TPSA) is 85.9 Å². The number of pyridine rings is 1. The van der Waals surface area contributed by atoms with Crippen LogP contribution < -0.4 is 0 Å². The van der Waals surface area contributed by atoms with Gasteiger partial charge in [-0.1, -0.05) is 11.8 Å². The third-order valence-corrected chi connectivity index (χ3v) is 7.48. The third kappa shape index (κ3) is 3.94. The molecule has 0 unspecified atom stereocenters. The molecule has 9 heteroatoms. The van der Waals surface area contributed by atoms with E-state index in [0.717, 1.165) is 47.6 Å². The first-order valence-corrected chi connectivity index (χ1v) is 11.8. The van der Waals surface area contributed by atoms with Gasteiger partial charge in [-0.2, -0.15) is 20.7 Å². The highest BCUT2D eigenvalue weighted by molar-refractivity contribution is 7.99. The zero-order valence-corrected chi connectivity index (χ0v) is 19.7. The lowest BCUT2D eigenvalue weighted by Gasteiger charge is -2.29. The van der Waals surface area contributed by atoms with Gasteiger partial charge in [-0.3, -0.25) is 4.68 Å². The summed E-state index contributed by atoms with van der Waals surface area (Å²) in [6.07, 6.45) is 7.44. The molecule has 170 valence electrons. The maximum Gasteiger partial charge on any atom is 0.124 e. The molecule has 3 aromatic heterocycles. The van der Waals surface area contributed by atoms with Gasteiger partial charge >= 0.3 is 0 Å². The summed E-state index contributed by atoms with van der Waals surface area (Å²) in [7, 11) is 2.14. The van der Waals surface area contributed by atoms with Crippen LogP contribution in [-0.2, 0) is 0 Å². The molecular weight excluding hydrogens is 449 g/mol. The molecule has 0 saturated carbocycles. The molecule has 0 atom stereocenters. The summed E-state index contributed by atoms with van der Waals surface area (Å²) in [5.41, 5.74) is 4.34. The first-order chi connectivity index (χ1) is 16.5. The number of aromatic nitrogens is 4. The Morgan fingerprint density at radius 1 is 1.03 bits per heavy atom. The Kier molecular flexibility index (Phi) is 5.82. The van der Waals surface area contributed by atoms with E-state index in [2.05, 4.69) is 40.8 Å². The second kappa shape index (κ2) is 8.94. The Bertz CT molecular complexity index is 1470. The van der Waals surface area contributed by atoms with Crippen LogP contribution in [0.3, 0.4) is 0 Å². The maximum absolute atomic E-state index is 13.7. The molecule has 5 rings (SSSR count). The van der Waals surface area contributed by atoms with Gasteiger partial charge in [0.2, 0.25) is 0 Å². The van der Waals surface area contributed by atoms with E-state index in [1.165, 1.54) is 30.1 Å². The van der Waals surface area contributed by atoms with Gasteiger partial charge in [0, 0.05) is 32.8 Å². The highest BCUT2D eigenvalue weighted by atomic mass is 32.2. The highest BCUT2D eigenvalue weighted by Crippen LogP contribution is 2.38. The Morgan fingerprint density at radius 2 is 1.79 bits per heavy atom. The molecule has 7 nitrogen and oxygen atoms in total. The monoisotopic (exact) mass is 471 g/mol. The summed E-state index contributed by atoms with van der Waals surface area (Å²) in [5, 5.41) is 28.2. The molecule has 1 saturated heterocycles. The molecule has 1 fully saturated rings. The van der Waals surface area contributed by atoms with Crippen LogP contribution in [0.4, 0.5) is 4.39 Å². The second-order valence-electron chi connectivity index (χ2n) is 8.53. The van der Waals surface area contributed by atoms with E-state index in [1.54, 1.807) is 10.6 Å². The van der Waals surface area contributed by atoms with Crippen LogP contribution in [0.15, 0.2) is 52.6 Å². The maximum atomic E-state index is 13.7. The van der Waals surface area contributed by atoms with Crippen molar-refractivity contribution in [3.05, 3.63) is 65.5 Å². The van der Waals surface area contributed by atoms with Gasteiger partial charge < -0.3 is 4.90 Å². The van der Waals surface area contributed by atoms with Crippen LogP contribution in [0.2, 0.25) is 0 Å². The number of benzene rings is 1. The Morgan fingerprint density at radius 3 is 2.53 bits per heavy atom. The van der Waals surface area contributed by atoms with Crippen molar-refractivity contribution in [3.8, 4) is 23.3 Å². The predicted octanol–water partition coefficient (Wildman–Crippen LogP) is 4.81. The fourth-order valence-electron chi connectivity index (χ4n) is 4.50. The minimum Gasteiger partial charge on any atom is -0.306 e. The van der Waals surface area contributed by atoms with Crippen molar-refractivity contribution in [2.75, 3.05) is 20.1 Å². The van der Waals surface area contributed by atoms with E-state index in [9.17, 15) is 14.9 Å². The molecule has 1 aliphatic heterocycles. The van der Waals surface area contributed by atoms with Crippen LogP contribution in [0.5, 0.6) is 0 Å². The number of halogens is 1. The first kappa shape index (κ1) is 22.1. The molecule has 1 aromatic carbocycles. The van der Waals surface area contributed by atoms with E-state index in [4.69, 9.17) is 5.10 Å². The molecule has 4 aromatic rings. The van der Waals surface area contributed by atoms with E-state index in [0.29, 0.717) is 22.0 Å². The standard InChI is InChI=1S/C25H22FN7S/c1-16-22(14-30-33(16)21-5-7-31(2)8-6-21)18-10-24(25-19(12-28)13-29-32(25)15-18)34-23-4-3-20(26)9-17(23)11-27/h3-4,9-10,13-15,21H,5-8H2,1-2H3. The van der Waals surface area contributed by atoms with Crippen LogP contribution in [0, 0.1) is 35.4 Å². The fraction of sp³-hybridized carbons (Fsp3) is 0.280. The van der Waals surface area contributed by atoms with Gasteiger partial charge in [-0.15, -0.1) is 0 Å². The van der Waals surface area contributed by atoms with Crippen molar-refractivity contribution in [2.45, 2.75) is 35.6 Å². The van der Waals surface area contributed by atoms with Gasteiger partial charge in [0.15, 0.2) is 0 Å². The summed E-state index contributed by atoms with van der Waals surface area (Å²) >= 11 is 1.33. The van der Waals surface area contributed by atoms with Gasteiger partial charge in [-0.25, -0.2) is 8.91 Å². The normalized spacial score (nSPS) is 14.9.